The maximum atomic E-state index is 4.87. The smallest absolute Gasteiger partial charge is 0.168 e. The van der Waals surface area contributed by atoms with Crippen LogP contribution in [0.2, 0.25) is 0 Å². The molecule has 4 nitrogen and oxygen atoms in total. The molecule has 2 aliphatic rings. The molecular weight excluding hydrogens is 256 g/mol. The molecule has 0 amide bonds. The van der Waals surface area contributed by atoms with Gasteiger partial charge in [0.25, 0.3) is 0 Å². The molecule has 0 atom stereocenters. The third kappa shape index (κ3) is 2.32. The van der Waals surface area contributed by atoms with E-state index in [1.54, 1.807) is 0 Å². The van der Waals surface area contributed by atoms with Gasteiger partial charge in [-0.2, -0.15) is 0 Å². The zero-order chi connectivity index (χ0) is 12.8. The molecule has 4 rings (SSSR count). The molecule has 2 saturated carbocycles. The Labute approximate surface area is 116 Å². The maximum absolute atomic E-state index is 4.87. The topological polar surface area (TPSA) is 42.7 Å². The Balaban J connectivity index is 1.64. The minimum absolute atomic E-state index is 0.710. The highest BCUT2D eigenvalue weighted by molar-refractivity contribution is 7.15. The lowest BCUT2D eigenvalue weighted by Gasteiger charge is -2.01. The summed E-state index contributed by atoms with van der Waals surface area (Å²) in [6.07, 6.45) is 9.11. The fourth-order valence-corrected chi connectivity index (χ4v) is 3.50. The minimum atomic E-state index is 0.710. The Hall–Kier alpha value is -1.20. The van der Waals surface area contributed by atoms with Crippen LogP contribution in [0.25, 0.3) is 10.8 Å². The van der Waals surface area contributed by atoms with Crippen molar-refractivity contribution in [1.29, 1.82) is 0 Å². The number of aromatic nitrogens is 3. The number of hydrogen-bond donors (Lipinski definition) is 1. The van der Waals surface area contributed by atoms with Crippen molar-refractivity contribution in [2.75, 3.05) is 0 Å². The normalized spacial score (nSPS) is 19.0. The van der Waals surface area contributed by atoms with Crippen LogP contribution in [0.5, 0.6) is 0 Å². The molecule has 2 fully saturated rings. The van der Waals surface area contributed by atoms with Crippen LogP contribution in [0, 0.1) is 0 Å². The highest BCUT2D eigenvalue weighted by Crippen LogP contribution is 2.44. The Morgan fingerprint density at radius 1 is 1.37 bits per heavy atom. The van der Waals surface area contributed by atoms with E-state index in [2.05, 4.69) is 10.3 Å². The van der Waals surface area contributed by atoms with Crippen molar-refractivity contribution in [3.63, 3.8) is 0 Å². The summed E-state index contributed by atoms with van der Waals surface area (Å²) in [6.45, 7) is 0.985. The molecule has 100 valence electrons. The van der Waals surface area contributed by atoms with E-state index in [1.165, 1.54) is 36.3 Å². The van der Waals surface area contributed by atoms with Gasteiger partial charge in [0.1, 0.15) is 0 Å². The summed E-state index contributed by atoms with van der Waals surface area (Å²) in [5, 5.41) is 4.68. The van der Waals surface area contributed by atoms with Gasteiger partial charge >= 0.3 is 0 Å². The average molecular weight is 274 g/mol. The molecule has 0 radical (unpaired) electrons. The number of aryl methyl sites for hydroxylation is 1. The summed E-state index contributed by atoms with van der Waals surface area (Å²) in [7, 11) is 2.03. The summed E-state index contributed by atoms with van der Waals surface area (Å²) in [5.41, 5.74) is 1.33. The SMILES string of the molecule is Cn1ccnc1-c1nc(C2CC2)c(CNC2CC2)s1. The predicted molar refractivity (Wildman–Crippen MR) is 76.2 cm³/mol. The van der Waals surface area contributed by atoms with E-state index in [1.807, 2.05) is 35.3 Å². The molecular formula is C14H18N4S. The second kappa shape index (κ2) is 4.42. The van der Waals surface area contributed by atoms with Crippen LogP contribution in [-0.4, -0.2) is 20.6 Å². The number of hydrogen-bond acceptors (Lipinski definition) is 4. The molecule has 19 heavy (non-hydrogen) atoms. The lowest BCUT2D eigenvalue weighted by Crippen LogP contribution is -2.15. The highest BCUT2D eigenvalue weighted by atomic mass is 32.1. The molecule has 0 saturated heterocycles. The zero-order valence-corrected chi connectivity index (χ0v) is 11.9. The second-order valence-electron chi connectivity index (χ2n) is 5.62. The van der Waals surface area contributed by atoms with Crippen LogP contribution in [-0.2, 0) is 13.6 Å². The van der Waals surface area contributed by atoms with E-state index in [0.717, 1.165) is 23.4 Å². The van der Waals surface area contributed by atoms with E-state index in [9.17, 15) is 0 Å². The van der Waals surface area contributed by atoms with E-state index in [4.69, 9.17) is 4.98 Å². The van der Waals surface area contributed by atoms with Gasteiger partial charge in [0.2, 0.25) is 0 Å². The Bertz CT molecular complexity index is 592. The van der Waals surface area contributed by atoms with Crippen molar-refractivity contribution in [2.24, 2.45) is 7.05 Å². The molecule has 2 heterocycles. The van der Waals surface area contributed by atoms with Crippen LogP contribution in [0.3, 0.4) is 0 Å². The maximum Gasteiger partial charge on any atom is 0.168 e. The third-order valence-corrected chi connectivity index (χ3v) is 4.90. The van der Waals surface area contributed by atoms with Crippen molar-refractivity contribution < 1.29 is 0 Å². The average Bonchev–Trinajstić information content (AvgIpc) is 3.32. The molecule has 0 aromatic carbocycles. The number of nitrogens with one attached hydrogen (secondary N) is 1. The quantitative estimate of drug-likeness (QED) is 0.911. The Morgan fingerprint density at radius 2 is 2.21 bits per heavy atom. The first-order valence-electron chi connectivity index (χ1n) is 7.02. The number of imidazole rings is 1. The first-order chi connectivity index (χ1) is 9.31. The lowest BCUT2D eigenvalue weighted by molar-refractivity contribution is 0.688. The summed E-state index contributed by atoms with van der Waals surface area (Å²) in [6, 6.07) is 0.755. The van der Waals surface area contributed by atoms with Crippen molar-refractivity contribution in [3.05, 3.63) is 23.0 Å². The van der Waals surface area contributed by atoms with Crippen LogP contribution >= 0.6 is 11.3 Å². The van der Waals surface area contributed by atoms with Gasteiger partial charge < -0.3 is 9.88 Å². The molecule has 5 heteroatoms. The predicted octanol–water partition coefficient (Wildman–Crippen LogP) is 2.67. The second-order valence-corrected chi connectivity index (χ2v) is 6.70. The summed E-state index contributed by atoms with van der Waals surface area (Å²) in [4.78, 5) is 10.7. The zero-order valence-electron chi connectivity index (χ0n) is 11.1. The van der Waals surface area contributed by atoms with E-state index < -0.39 is 0 Å². The fraction of sp³-hybridized carbons (Fsp3) is 0.571. The number of thiazole rings is 1. The molecule has 2 aromatic heterocycles. The summed E-state index contributed by atoms with van der Waals surface area (Å²) >= 11 is 1.81. The Morgan fingerprint density at radius 3 is 2.84 bits per heavy atom. The summed E-state index contributed by atoms with van der Waals surface area (Å²) in [5.74, 6) is 1.70. The summed E-state index contributed by atoms with van der Waals surface area (Å²) < 4.78 is 2.05. The molecule has 0 aliphatic heterocycles. The molecule has 2 aromatic rings. The van der Waals surface area contributed by atoms with Crippen LogP contribution in [0.1, 0.15) is 42.2 Å². The Kier molecular flexibility index (Phi) is 2.70. The highest BCUT2D eigenvalue weighted by Gasteiger charge is 2.31. The van der Waals surface area contributed by atoms with Crippen molar-refractivity contribution in [3.8, 4) is 10.8 Å². The monoisotopic (exact) mass is 274 g/mol. The molecule has 0 unspecified atom stereocenters. The largest absolute Gasteiger partial charge is 0.332 e. The van der Waals surface area contributed by atoms with Gasteiger partial charge in [-0.25, -0.2) is 9.97 Å². The standard InChI is InChI=1S/C14H18N4S/c1-18-7-6-15-13(18)14-17-12(9-2-3-9)11(19-14)8-16-10-4-5-10/h6-7,9-10,16H,2-5,8H2,1H3. The molecule has 1 N–H and O–H groups in total. The van der Waals surface area contributed by atoms with Crippen molar-refractivity contribution in [2.45, 2.75) is 44.2 Å². The third-order valence-electron chi connectivity index (χ3n) is 3.83. The van der Waals surface area contributed by atoms with Crippen molar-refractivity contribution in [1.82, 2.24) is 19.9 Å². The van der Waals surface area contributed by atoms with E-state index in [-0.39, 0.29) is 0 Å². The first-order valence-corrected chi connectivity index (χ1v) is 7.83. The van der Waals surface area contributed by atoms with E-state index in [0.29, 0.717) is 5.92 Å². The molecule has 2 aliphatic carbocycles. The van der Waals surface area contributed by atoms with Gasteiger partial charge in [-0.1, -0.05) is 0 Å². The number of nitrogens with zero attached hydrogens (tertiary/aromatic N) is 3. The van der Waals surface area contributed by atoms with Gasteiger partial charge in [-0.05, 0) is 25.7 Å². The van der Waals surface area contributed by atoms with Gasteiger partial charge in [0.15, 0.2) is 10.8 Å². The van der Waals surface area contributed by atoms with Crippen molar-refractivity contribution >= 4 is 11.3 Å². The van der Waals surface area contributed by atoms with Crippen LogP contribution in [0.4, 0.5) is 0 Å². The minimum Gasteiger partial charge on any atom is -0.332 e. The van der Waals surface area contributed by atoms with Gasteiger partial charge in [-0.3, -0.25) is 0 Å². The molecule has 0 spiro atoms. The molecule has 0 bridgehead atoms. The number of rotatable bonds is 5. The fourth-order valence-electron chi connectivity index (χ4n) is 2.36. The lowest BCUT2D eigenvalue weighted by atomic mass is 10.2. The van der Waals surface area contributed by atoms with E-state index >= 15 is 0 Å². The first kappa shape index (κ1) is 11.6. The van der Waals surface area contributed by atoms with Crippen LogP contribution in [0.15, 0.2) is 12.4 Å². The van der Waals surface area contributed by atoms with Gasteiger partial charge in [0.05, 0.1) is 5.69 Å². The van der Waals surface area contributed by atoms with Crippen LogP contribution < -0.4 is 5.32 Å². The van der Waals surface area contributed by atoms with Gasteiger partial charge in [0, 0.05) is 42.8 Å². The van der Waals surface area contributed by atoms with Gasteiger partial charge in [-0.15, -0.1) is 11.3 Å².